The fraction of sp³-hybridized carbons (Fsp3) is 0.455. The van der Waals surface area contributed by atoms with Crippen LogP contribution in [-0.4, -0.2) is 41.0 Å². The summed E-state index contributed by atoms with van der Waals surface area (Å²) >= 11 is 1.26. The lowest BCUT2D eigenvalue weighted by atomic mass is 10.2. The molecule has 1 aliphatic heterocycles. The molecule has 1 atom stereocenters. The van der Waals surface area contributed by atoms with E-state index in [4.69, 9.17) is 5.11 Å². The summed E-state index contributed by atoms with van der Waals surface area (Å²) in [5.74, 6) is -0.864. The number of rotatable bonds is 3. The maximum Gasteiger partial charge on any atom is 0.345 e. The minimum Gasteiger partial charge on any atom is -0.477 e. The van der Waals surface area contributed by atoms with E-state index in [-0.39, 0.29) is 11.9 Å². The van der Waals surface area contributed by atoms with Gasteiger partial charge in [-0.3, -0.25) is 9.69 Å². The lowest BCUT2D eigenvalue weighted by molar-refractivity contribution is -0.128. The van der Waals surface area contributed by atoms with Crippen LogP contribution in [0.5, 0.6) is 0 Å². The van der Waals surface area contributed by atoms with E-state index in [0.717, 1.165) is 11.4 Å². The van der Waals surface area contributed by atoms with Crippen molar-refractivity contribution in [2.75, 3.05) is 13.1 Å². The maximum absolute atomic E-state index is 11.5. The van der Waals surface area contributed by atoms with Crippen molar-refractivity contribution in [3.05, 3.63) is 21.9 Å². The van der Waals surface area contributed by atoms with E-state index in [9.17, 15) is 9.59 Å². The Bertz CT molecular complexity index is 444. The number of nitrogens with zero attached hydrogens (tertiary/aromatic N) is 1. The summed E-state index contributed by atoms with van der Waals surface area (Å²) in [6, 6.07) is 3.27. The van der Waals surface area contributed by atoms with Crippen LogP contribution in [0.1, 0.15) is 21.5 Å². The first-order valence-corrected chi connectivity index (χ1v) is 6.23. The summed E-state index contributed by atoms with van der Waals surface area (Å²) in [5.41, 5.74) is 0. The number of hydrogen-bond acceptors (Lipinski definition) is 4. The Morgan fingerprint density at radius 1 is 1.65 bits per heavy atom. The molecular weight excluding hydrogens is 240 g/mol. The molecule has 1 aromatic heterocycles. The van der Waals surface area contributed by atoms with Gasteiger partial charge in [-0.1, -0.05) is 0 Å². The molecule has 1 fully saturated rings. The normalized spacial score (nSPS) is 21.2. The fourth-order valence-corrected chi connectivity index (χ4v) is 2.70. The van der Waals surface area contributed by atoms with Crippen molar-refractivity contribution < 1.29 is 14.7 Å². The standard InChI is InChI=1S/C11H14N2O3S/c1-7-10(14)12-4-5-13(7)6-8-2-3-9(17-8)11(15)16/h2-3,7H,4-6H2,1H3,(H,12,14)(H,15,16). The second kappa shape index (κ2) is 4.85. The summed E-state index contributed by atoms with van der Waals surface area (Å²) < 4.78 is 0. The van der Waals surface area contributed by atoms with Gasteiger partial charge in [-0.25, -0.2) is 4.79 Å². The third-order valence-corrected chi connectivity index (χ3v) is 3.91. The molecule has 2 N–H and O–H groups in total. The van der Waals surface area contributed by atoms with Gasteiger partial charge in [0.05, 0.1) is 6.04 Å². The summed E-state index contributed by atoms with van der Waals surface area (Å²) in [4.78, 5) is 25.6. The number of carboxylic acids is 1. The molecule has 0 aliphatic carbocycles. The van der Waals surface area contributed by atoms with Gasteiger partial charge in [0.1, 0.15) is 4.88 Å². The Balaban J connectivity index is 2.04. The quantitative estimate of drug-likeness (QED) is 0.836. The van der Waals surface area contributed by atoms with Crippen LogP contribution >= 0.6 is 11.3 Å². The van der Waals surface area contributed by atoms with Gasteiger partial charge in [0, 0.05) is 24.5 Å². The number of carboxylic acid groups (broad SMARTS) is 1. The minimum atomic E-state index is -0.898. The van der Waals surface area contributed by atoms with Gasteiger partial charge in [-0.2, -0.15) is 0 Å². The van der Waals surface area contributed by atoms with Gasteiger partial charge >= 0.3 is 5.97 Å². The summed E-state index contributed by atoms with van der Waals surface area (Å²) in [6.07, 6.45) is 0. The number of nitrogens with one attached hydrogen (secondary N) is 1. The Morgan fingerprint density at radius 3 is 3.06 bits per heavy atom. The minimum absolute atomic E-state index is 0.0336. The van der Waals surface area contributed by atoms with Crippen molar-refractivity contribution in [3.8, 4) is 0 Å². The van der Waals surface area contributed by atoms with Gasteiger partial charge in [-0.05, 0) is 19.1 Å². The van der Waals surface area contributed by atoms with Crippen molar-refractivity contribution in [2.45, 2.75) is 19.5 Å². The highest BCUT2D eigenvalue weighted by atomic mass is 32.1. The van der Waals surface area contributed by atoms with E-state index >= 15 is 0 Å². The van der Waals surface area contributed by atoms with Crippen LogP contribution in [0.15, 0.2) is 12.1 Å². The van der Waals surface area contributed by atoms with Crippen molar-refractivity contribution in [1.82, 2.24) is 10.2 Å². The van der Waals surface area contributed by atoms with Crippen LogP contribution in [0.3, 0.4) is 0 Å². The second-order valence-corrected chi connectivity index (χ2v) is 5.18. The molecule has 0 radical (unpaired) electrons. The zero-order chi connectivity index (χ0) is 12.4. The largest absolute Gasteiger partial charge is 0.477 e. The van der Waals surface area contributed by atoms with Crippen molar-refractivity contribution in [1.29, 1.82) is 0 Å². The average Bonchev–Trinajstić information content (AvgIpc) is 2.73. The van der Waals surface area contributed by atoms with Gasteiger partial charge in [-0.15, -0.1) is 11.3 Å². The van der Waals surface area contributed by atoms with Crippen LogP contribution in [0.2, 0.25) is 0 Å². The predicted octanol–water partition coefficient (Wildman–Crippen LogP) is 0.767. The first kappa shape index (κ1) is 12.1. The van der Waals surface area contributed by atoms with E-state index < -0.39 is 5.97 Å². The molecule has 1 saturated heterocycles. The lowest BCUT2D eigenvalue weighted by Crippen LogP contribution is -2.53. The predicted molar refractivity (Wildman–Crippen MR) is 64.2 cm³/mol. The van der Waals surface area contributed by atoms with Crippen LogP contribution in [0.4, 0.5) is 0 Å². The van der Waals surface area contributed by atoms with Crippen molar-refractivity contribution >= 4 is 23.2 Å². The van der Waals surface area contributed by atoms with Crippen LogP contribution in [0, 0.1) is 0 Å². The Hall–Kier alpha value is -1.40. The highest BCUT2D eigenvalue weighted by molar-refractivity contribution is 7.13. The van der Waals surface area contributed by atoms with E-state index in [1.54, 1.807) is 6.07 Å². The Morgan fingerprint density at radius 2 is 2.41 bits per heavy atom. The molecule has 0 saturated carbocycles. The first-order chi connectivity index (χ1) is 8.08. The SMILES string of the molecule is CC1C(=O)NCCN1Cc1ccc(C(=O)O)s1. The monoisotopic (exact) mass is 254 g/mol. The van der Waals surface area contributed by atoms with Crippen LogP contribution in [0.25, 0.3) is 0 Å². The van der Waals surface area contributed by atoms with E-state index in [2.05, 4.69) is 10.2 Å². The first-order valence-electron chi connectivity index (χ1n) is 5.41. The molecule has 0 bridgehead atoms. The Kier molecular flexibility index (Phi) is 3.44. The van der Waals surface area contributed by atoms with Gasteiger partial charge < -0.3 is 10.4 Å². The van der Waals surface area contributed by atoms with Crippen molar-refractivity contribution in [3.63, 3.8) is 0 Å². The number of amides is 1. The van der Waals surface area contributed by atoms with Gasteiger partial charge in [0.15, 0.2) is 0 Å². The number of carbonyl (C=O) groups is 2. The number of thiophene rings is 1. The third kappa shape index (κ3) is 2.65. The molecule has 1 aliphatic rings. The molecule has 2 rings (SSSR count). The Labute approximate surface area is 103 Å². The summed E-state index contributed by atoms with van der Waals surface area (Å²) in [6.45, 7) is 3.94. The molecule has 1 aromatic rings. The molecule has 1 unspecified atom stereocenters. The molecule has 0 spiro atoms. The average molecular weight is 254 g/mol. The molecule has 5 nitrogen and oxygen atoms in total. The van der Waals surface area contributed by atoms with Crippen molar-refractivity contribution in [2.24, 2.45) is 0 Å². The van der Waals surface area contributed by atoms with E-state index in [1.165, 1.54) is 11.3 Å². The molecule has 0 aromatic carbocycles. The summed E-state index contributed by atoms with van der Waals surface area (Å²) in [7, 11) is 0. The molecular formula is C11H14N2O3S. The highest BCUT2D eigenvalue weighted by Crippen LogP contribution is 2.19. The molecule has 1 amide bonds. The zero-order valence-electron chi connectivity index (χ0n) is 9.47. The smallest absolute Gasteiger partial charge is 0.345 e. The lowest BCUT2D eigenvalue weighted by Gasteiger charge is -2.32. The number of piperazine rings is 1. The topological polar surface area (TPSA) is 69.6 Å². The number of hydrogen-bond donors (Lipinski definition) is 2. The number of carbonyl (C=O) groups excluding carboxylic acids is 1. The maximum atomic E-state index is 11.5. The molecule has 92 valence electrons. The fourth-order valence-electron chi connectivity index (χ4n) is 1.82. The molecule has 17 heavy (non-hydrogen) atoms. The van der Waals surface area contributed by atoms with Crippen LogP contribution < -0.4 is 5.32 Å². The zero-order valence-corrected chi connectivity index (χ0v) is 10.3. The second-order valence-electron chi connectivity index (χ2n) is 4.01. The van der Waals surface area contributed by atoms with Gasteiger partial charge in [0.25, 0.3) is 0 Å². The van der Waals surface area contributed by atoms with Crippen LogP contribution in [-0.2, 0) is 11.3 Å². The molecule has 2 heterocycles. The summed E-state index contributed by atoms with van der Waals surface area (Å²) in [5, 5.41) is 11.6. The van der Waals surface area contributed by atoms with Gasteiger partial charge in [0.2, 0.25) is 5.91 Å². The van der Waals surface area contributed by atoms with E-state index in [1.807, 2.05) is 13.0 Å². The highest BCUT2D eigenvalue weighted by Gasteiger charge is 2.25. The third-order valence-electron chi connectivity index (χ3n) is 2.86. The number of aromatic carboxylic acids is 1. The van der Waals surface area contributed by atoms with E-state index in [0.29, 0.717) is 18.0 Å². The molecule has 6 heteroatoms.